The lowest BCUT2D eigenvalue weighted by Gasteiger charge is -2.26. The number of aryl methyl sites for hydroxylation is 1. The number of aliphatic hydroxyl groups is 1. The van der Waals surface area contributed by atoms with Gasteiger partial charge in [-0.2, -0.15) is 0 Å². The largest absolute Gasteiger partial charge is 0.393 e. The van der Waals surface area contributed by atoms with Crippen molar-refractivity contribution in [1.82, 2.24) is 10.6 Å². The van der Waals surface area contributed by atoms with Crippen LogP contribution in [0.5, 0.6) is 0 Å². The molecule has 114 valence electrons. The molecule has 1 aromatic rings. The van der Waals surface area contributed by atoms with Gasteiger partial charge >= 0.3 is 6.03 Å². The Morgan fingerprint density at radius 2 is 2.10 bits per heavy atom. The molecule has 1 aromatic carbocycles. The van der Waals surface area contributed by atoms with Crippen molar-refractivity contribution in [3.8, 4) is 0 Å². The number of urea groups is 1. The van der Waals surface area contributed by atoms with E-state index in [1.165, 1.54) is 11.1 Å². The summed E-state index contributed by atoms with van der Waals surface area (Å²) >= 11 is 0. The quantitative estimate of drug-likeness (QED) is 0.800. The van der Waals surface area contributed by atoms with Crippen LogP contribution in [-0.2, 0) is 6.42 Å². The van der Waals surface area contributed by atoms with Crippen molar-refractivity contribution < 1.29 is 9.90 Å². The van der Waals surface area contributed by atoms with E-state index < -0.39 is 0 Å². The number of hydrogen-bond donors (Lipinski definition) is 3. The predicted octanol–water partition coefficient (Wildman–Crippen LogP) is 2.52. The Morgan fingerprint density at radius 3 is 2.95 bits per heavy atom. The second kappa shape index (κ2) is 6.48. The third-order valence-corrected chi connectivity index (χ3v) is 4.74. The fourth-order valence-corrected chi connectivity index (χ4v) is 3.60. The van der Waals surface area contributed by atoms with Crippen molar-refractivity contribution in [2.45, 2.75) is 50.7 Å². The number of benzene rings is 1. The molecule has 1 saturated carbocycles. The second-order valence-corrected chi connectivity index (χ2v) is 6.33. The van der Waals surface area contributed by atoms with Gasteiger partial charge in [0.2, 0.25) is 0 Å². The van der Waals surface area contributed by atoms with Gasteiger partial charge in [0.1, 0.15) is 0 Å². The van der Waals surface area contributed by atoms with Crippen LogP contribution in [0.4, 0.5) is 4.79 Å². The SMILES string of the molecule is O=C(NCC1CCCC(O)C1)NC1CCc2ccccc21. The Hall–Kier alpha value is -1.55. The molecule has 1 fully saturated rings. The number of carbonyl (C=O) groups excluding carboxylic acids is 1. The molecule has 3 rings (SSSR count). The number of fused-ring (bicyclic) bond motifs is 1. The van der Waals surface area contributed by atoms with Crippen LogP contribution in [0.2, 0.25) is 0 Å². The number of nitrogens with one attached hydrogen (secondary N) is 2. The van der Waals surface area contributed by atoms with Gasteiger partial charge in [0.15, 0.2) is 0 Å². The summed E-state index contributed by atoms with van der Waals surface area (Å²) in [5.41, 5.74) is 2.60. The lowest BCUT2D eigenvalue weighted by Crippen LogP contribution is -2.40. The zero-order valence-corrected chi connectivity index (χ0v) is 12.3. The fourth-order valence-electron chi connectivity index (χ4n) is 3.60. The summed E-state index contributed by atoms with van der Waals surface area (Å²) in [5, 5.41) is 15.7. The molecule has 3 N–H and O–H groups in total. The van der Waals surface area contributed by atoms with Crippen molar-refractivity contribution in [2.24, 2.45) is 5.92 Å². The highest BCUT2D eigenvalue weighted by Crippen LogP contribution is 2.30. The first-order chi connectivity index (χ1) is 10.2. The molecule has 0 bridgehead atoms. The average molecular weight is 288 g/mol. The second-order valence-electron chi connectivity index (χ2n) is 6.33. The van der Waals surface area contributed by atoms with Crippen molar-refractivity contribution >= 4 is 6.03 Å². The molecule has 0 radical (unpaired) electrons. The van der Waals surface area contributed by atoms with Crippen molar-refractivity contribution in [2.75, 3.05) is 6.54 Å². The van der Waals surface area contributed by atoms with E-state index in [4.69, 9.17) is 0 Å². The Kier molecular flexibility index (Phi) is 4.44. The lowest BCUT2D eigenvalue weighted by molar-refractivity contribution is 0.101. The van der Waals surface area contributed by atoms with Gasteiger partial charge < -0.3 is 15.7 Å². The molecule has 2 aliphatic carbocycles. The van der Waals surface area contributed by atoms with Crippen LogP contribution in [0.25, 0.3) is 0 Å². The average Bonchev–Trinajstić information content (AvgIpc) is 2.89. The fraction of sp³-hybridized carbons (Fsp3) is 0.588. The monoisotopic (exact) mass is 288 g/mol. The molecule has 0 heterocycles. The highest BCUT2D eigenvalue weighted by atomic mass is 16.3. The Labute approximate surface area is 125 Å². The van der Waals surface area contributed by atoms with E-state index in [1.807, 2.05) is 6.07 Å². The highest BCUT2D eigenvalue weighted by molar-refractivity contribution is 5.74. The van der Waals surface area contributed by atoms with E-state index in [-0.39, 0.29) is 18.2 Å². The number of carbonyl (C=O) groups is 1. The van der Waals surface area contributed by atoms with Crippen molar-refractivity contribution in [1.29, 1.82) is 0 Å². The third kappa shape index (κ3) is 3.56. The van der Waals surface area contributed by atoms with Gasteiger partial charge in [-0.25, -0.2) is 4.79 Å². The standard InChI is InChI=1S/C17H24N2O2/c20-14-6-3-4-12(10-14)11-18-17(21)19-16-9-8-13-5-1-2-7-15(13)16/h1-2,5,7,12,14,16,20H,3-4,6,8-11H2,(H2,18,19,21). The lowest BCUT2D eigenvalue weighted by atomic mass is 9.87. The first-order valence-electron chi connectivity index (χ1n) is 8.02. The Morgan fingerprint density at radius 1 is 1.24 bits per heavy atom. The van der Waals surface area contributed by atoms with Gasteiger partial charge in [-0.05, 0) is 49.1 Å². The molecular weight excluding hydrogens is 264 g/mol. The predicted molar refractivity (Wildman–Crippen MR) is 82.0 cm³/mol. The summed E-state index contributed by atoms with van der Waals surface area (Å²) in [7, 11) is 0. The van der Waals surface area contributed by atoms with E-state index in [1.54, 1.807) is 0 Å². The van der Waals surface area contributed by atoms with Crippen LogP contribution >= 0.6 is 0 Å². The van der Waals surface area contributed by atoms with E-state index >= 15 is 0 Å². The summed E-state index contributed by atoms with van der Waals surface area (Å²) in [4.78, 5) is 12.0. The van der Waals surface area contributed by atoms with Crippen LogP contribution in [0.15, 0.2) is 24.3 Å². The summed E-state index contributed by atoms with van der Waals surface area (Å²) in [6.07, 6.45) is 5.71. The van der Waals surface area contributed by atoms with Gasteiger partial charge in [-0.1, -0.05) is 30.7 Å². The number of hydrogen-bond acceptors (Lipinski definition) is 2. The number of aliphatic hydroxyl groups excluding tert-OH is 1. The van der Waals surface area contributed by atoms with Gasteiger partial charge in [0.25, 0.3) is 0 Å². The van der Waals surface area contributed by atoms with Crippen molar-refractivity contribution in [3.05, 3.63) is 35.4 Å². The molecule has 21 heavy (non-hydrogen) atoms. The van der Waals surface area contributed by atoms with Crippen LogP contribution in [0.3, 0.4) is 0 Å². The first-order valence-corrected chi connectivity index (χ1v) is 8.02. The minimum Gasteiger partial charge on any atom is -0.393 e. The molecule has 0 saturated heterocycles. The zero-order chi connectivity index (χ0) is 14.7. The molecular formula is C17H24N2O2. The van der Waals surface area contributed by atoms with E-state index in [0.717, 1.165) is 38.5 Å². The minimum atomic E-state index is -0.185. The Bertz CT molecular complexity index is 503. The summed E-state index contributed by atoms with van der Waals surface area (Å²) in [6, 6.07) is 8.37. The number of amides is 2. The molecule has 0 aromatic heterocycles. The molecule has 0 aliphatic heterocycles. The molecule has 4 nitrogen and oxygen atoms in total. The third-order valence-electron chi connectivity index (χ3n) is 4.74. The summed E-state index contributed by atoms with van der Waals surface area (Å²) in [6.45, 7) is 0.664. The Balaban J connectivity index is 1.47. The van der Waals surface area contributed by atoms with Gasteiger partial charge in [-0.3, -0.25) is 0 Å². The first kappa shape index (κ1) is 14.4. The maximum atomic E-state index is 12.0. The van der Waals surface area contributed by atoms with Gasteiger partial charge in [0, 0.05) is 6.54 Å². The van der Waals surface area contributed by atoms with E-state index in [2.05, 4.69) is 28.8 Å². The van der Waals surface area contributed by atoms with Crippen LogP contribution in [0.1, 0.15) is 49.3 Å². The zero-order valence-electron chi connectivity index (χ0n) is 12.3. The van der Waals surface area contributed by atoms with Gasteiger partial charge in [0.05, 0.1) is 12.1 Å². The summed E-state index contributed by atoms with van der Waals surface area (Å²) < 4.78 is 0. The highest BCUT2D eigenvalue weighted by Gasteiger charge is 2.24. The van der Waals surface area contributed by atoms with Gasteiger partial charge in [-0.15, -0.1) is 0 Å². The molecule has 2 aliphatic rings. The van der Waals surface area contributed by atoms with E-state index in [9.17, 15) is 9.90 Å². The summed E-state index contributed by atoms with van der Waals surface area (Å²) in [5.74, 6) is 0.412. The maximum absolute atomic E-state index is 12.0. The molecule has 2 amide bonds. The number of rotatable bonds is 3. The van der Waals surface area contributed by atoms with Crippen molar-refractivity contribution in [3.63, 3.8) is 0 Å². The van der Waals surface area contributed by atoms with Crippen LogP contribution < -0.4 is 10.6 Å². The van der Waals surface area contributed by atoms with E-state index in [0.29, 0.717) is 12.5 Å². The molecule has 4 heteroatoms. The molecule has 3 atom stereocenters. The minimum absolute atomic E-state index is 0.0863. The smallest absolute Gasteiger partial charge is 0.315 e. The maximum Gasteiger partial charge on any atom is 0.315 e. The van der Waals surface area contributed by atoms with Crippen LogP contribution in [0, 0.1) is 5.92 Å². The van der Waals surface area contributed by atoms with Crippen LogP contribution in [-0.4, -0.2) is 23.8 Å². The molecule has 0 spiro atoms. The normalized spacial score (nSPS) is 28.0. The molecule has 3 unspecified atom stereocenters. The topological polar surface area (TPSA) is 61.4 Å².